The lowest BCUT2D eigenvalue weighted by Crippen LogP contribution is -2.38. The molecule has 2 fully saturated rings. The summed E-state index contributed by atoms with van der Waals surface area (Å²) in [5, 5.41) is 1.14. The molecule has 0 aliphatic carbocycles. The highest BCUT2D eigenvalue weighted by molar-refractivity contribution is 6.35. The minimum atomic E-state index is -0.575. The molecule has 10 heteroatoms. The number of carbonyl (C=O) groups excluding carboxylic acids is 1. The molecular weight excluding hydrogens is 606 g/mol. The molecule has 6 rings (SSSR count). The zero-order valence-corrected chi connectivity index (χ0v) is 26.8. The van der Waals surface area contributed by atoms with Gasteiger partial charge in [0.1, 0.15) is 23.7 Å². The number of esters is 1. The summed E-state index contributed by atoms with van der Waals surface area (Å²) in [7, 11) is 0. The molecule has 9 nitrogen and oxygen atoms in total. The summed E-state index contributed by atoms with van der Waals surface area (Å²) in [5.74, 6) is 1.81. The van der Waals surface area contributed by atoms with E-state index < -0.39 is 5.97 Å². The first-order valence-corrected chi connectivity index (χ1v) is 16.4. The van der Waals surface area contributed by atoms with E-state index in [0.717, 1.165) is 81.4 Å². The molecule has 0 atom stereocenters. The zero-order chi connectivity index (χ0) is 31.6. The topological polar surface area (TPSA) is 82.6 Å². The molecule has 3 aromatic carbocycles. The third-order valence-corrected chi connectivity index (χ3v) is 8.48. The lowest BCUT2D eigenvalue weighted by atomic mass is 10.1. The molecule has 3 heterocycles. The van der Waals surface area contributed by atoms with Crippen molar-refractivity contribution in [3.63, 3.8) is 0 Å². The van der Waals surface area contributed by atoms with E-state index in [4.69, 9.17) is 35.3 Å². The highest BCUT2D eigenvalue weighted by atomic mass is 35.5. The Labute approximate surface area is 274 Å². The fourth-order valence-electron chi connectivity index (χ4n) is 5.66. The first-order valence-electron chi connectivity index (χ1n) is 16.1. The molecule has 0 spiro atoms. The van der Waals surface area contributed by atoms with Gasteiger partial charge in [-0.15, -0.1) is 0 Å². The molecular formula is C36H40ClN3O6. The molecule has 0 amide bonds. The Hall–Kier alpha value is -4.05. The van der Waals surface area contributed by atoms with Crippen molar-refractivity contribution >= 4 is 34.2 Å². The lowest BCUT2D eigenvalue weighted by Gasteiger charge is -2.26. The number of unbranched alkanes of at least 4 members (excludes halogenated alkanes) is 1. The summed E-state index contributed by atoms with van der Waals surface area (Å²) in [6.45, 7) is 7.99. The Morgan fingerprint density at radius 2 is 1.52 bits per heavy atom. The highest BCUT2D eigenvalue weighted by Crippen LogP contribution is 2.32. The molecule has 2 aliphatic rings. The van der Waals surface area contributed by atoms with Crippen LogP contribution < -0.4 is 23.8 Å². The molecule has 46 heavy (non-hydrogen) atoms. The van der Waals surface area contributed by atoms with Crippen LogP contribution in [0.5, 0.6) is 23.0 Å². The monoisotopic (exact) mass is 645 g/mol. The third-order valence-electron chi connectivity index (χ3n) is 8.17. The number of ether oxygens (including phenoxy) is 5. The highest BCUT2D eigenvalue weighted by Gasteiger charge is 2.21. The number of morpholine rings is 1. The van der Waals surface area contributed by atoms with Crippen LogP contribution in [0.2, 0.25) is 5.02 Å². The number of pyridine rings is 1. The van der Waals surface area contributed by atoms with Crippen LogP contribution in [0.3, 0.4) is 0 Å². The predicted octanol–water partition coefficient (Wildman–Crippen LogP) is 6.66. The zero-order valence-electron chi connectivity index (χ0n) is 26.0. The van der Waals surface area contributed by atoms with E-state index in [-0.39, 0.29) is 5.56 Å². The van der Waals surface area contributed by atoms with Gasteiger partial charge in [-0.3, -0.25) is 9.88 Å². The van der Waals surface area contributed by atoms with Crippen LogP contribution in [-0.2, 0) is 4.74 Å². The number of fused-ring (bicyclic) bond motifs is 1. The number of anilines is 1. The number of nitrogens with zero attached hydrogens (tertiary/aromatic N) is 3. The summed E-state index contributed by atoms with van der Waals surface area (Å²) in [4.78, 5) is 22.7. The van der Waals surface area contributed by atoms with Gasteiger partial charge in [0.2, 0.25) is 0 Å². The fourth-order valence-corrected chi connectivity index (χ4v) is 5.89. The number of rotatable bonds is 14. The third kappa shape index (κ3) is 8.40. The largest absolute Gasteiger partial charge is 0.493 e. The maximum absolute atomic E-state index is 13.4. The van der Waals surface area contributed by atoms with E-state index in [9.17, 15) is 4.79 Å². The molecule has 0 saturated carbocycles. The van der Waals surface area contributed by atoms with E-state index in [1.165, 1.54) is 12.8 Å². The SMILES string of the molecule is O=C(Oc1ccccc1OCCCCOc1cccc(OCCN2CCOCC2)c1)c1c(Cl)ccc2cc(N3CCCC3)cnc12. The first-order chi connectivity index (χ1) is 22.6. The van der Waals surface area contributed by atoms with E-state index >= 15 is 0 Å². The average molecular weight is 646 g/mol. The molecule has 242 valence electrons. The quantitative estimate of drug-likeness (QED) is 0.0850. The van der Waals surface area contributed by atoms with Gasteiger partial charge in [0.05, 0.1) is 48.9 Å². The van der Waals surface area contributed by atoms with Gasteiger partial charge in [-0.25, -0.2) is 4.79 Å². The Balaban J connectivity index is 0.972. The van der Waals surface area contributed by atoms with Crippen LogP contribution in [0.4, 0.5) is 5.69 Å². The Morgan fingerprint density at radius 3 is 2.30 bits per heavy atom. The second-order valence-electron chi connectivity index (χ2n) is 11.4. The smallest absolute Gasteiger partial charge is 0.347 e. The predicted molar refractivity (Wildman–Crippen MR) is 179 cm³/mol. The molecule has 2 saturated heterocycles. The first kappa shape index (κ1) is 31.9. The van der Waals surface area contributed by atoms with Crippen LogP contribution in [0.1, 0.15) is 36.0 Å². The van der Waals surface area contributed by atoms with Crippen molar-refractivity contribution in [3.8, 4) is 23.0 Å². The minimum Gasteiger partial charge on any atom is -0.493 e. The maximum atomic E-state index is 13.4. The van der Waals surface area contributed by atoms with E-state index in [0.29, 0.717) is 41.9 Å². The number of hydrogen-bond donors (Lipinski definition) is 0. The van der Waals surface area contributed by atoms with Crippen LogP contribution in [0, 0.1) is 0 Å². The molecule has 0 radical (unpaired) electrons. The van der Waals surface area contributed by atoms with Crippen molar-refractivity contribution in [3.05, 3.63) is 83.5 Å². The second kappa shape index (κ2) is 16.0. The normalized spacial score (nSPS) is 15.2. The maximum Gasteiger partial charge on any atom is 0.347 e. The Bertz CT molecular complexity index is 1610. The summed E-state index contributed by atoms with van der Waals surface area (Å²) in [6.07, 6.45) is 5.70. The summed E-state index contributed by atoms with van der Waals surface area (Å²) in [5.41, 5.74) is 1.81. The number of benzene rings is 3. The molecule has 1 aromatic heterocycles. The van der Waals surface area contributed by atoms with Gasteiger partial charge in [0.25, 0.3) is 0 Å². The van der Waals surface area contributed by atoms with Crippen LogP contribution in [0.25, 0.3) is 10.9 Å². The summed E-state index contributed by atoms with van der Waals surface area (Å²) < 4.78 is 29.1. The number of hydrogen-bond acceptors (Lipinski definition) is 9. The van der Waals surface area contributed by atoms with Crippen molar-refractivity contribution in [1.29, 1.82) is 0 Å². The number of halogens is 1. The van der Waals surface area contributed by atoms with Crippen LogP contribution in [-0.4, -0.2) is 81.6 Å². The number of para-hydroxylation sites is 2. The second-order valence-corrected chi connectivity index (χ2v) is 11.8. The summed E-state index contributed by atoms with van der Waals surface area (Å²) >= 11 is 6.50. The van der Waals surface area contributed by atoms with Crippen molar-refractivity contribution in [2.45, 2.75) is 25.7 Å². The van der Waals surface area contributed by atoms with E-state index in [2.05, 4.69) is 20.9 Å². The van der Waals surface area contributed by atoms with Gasteiger partial charge >= 0.3 is 5.97 Å². The van der Waals surface area contributed by atoms with Gasteiger partial charge in [-0.05, 0) is 62.1 Å². The van der Waals surface area contributed by atoms with Gasteiger partial charge in [0.15, 0.2) is 11.5 Å². The van der Waals surface area contributed by atoms with Crippen molar-refractivity contribution in [1.82, 2.24) is 9.88 Å². The average Bonchev–Trinajstić information content (AvgIpc) is 3.63. The van der Waals surface area contributed by atoms with Crippen LogP contribution >= 0.6 is 11.6 Å². The Kier molecular flexibility index (Phi) is 11.1. The Morgan fingerprint density at radius 1 is 0.804 bits per heavy atom. The van der Waals surface area contributed by atoms with Gasteiger partial charge in [0, 0.05) is 44.2 Å². The van der Waals surface area contributed by atoms with Crippen molar-refractivity contribution < 1.29 is 28.5 Å². The van der Waals surface area contributed by atoms with Crippen molar-refractivity contribution in [2.75, 3.05) is 70.7 Å². The van der Waals surface area contributed by atoms with Gasteiger partial charge < -0.3 is 28.6 Å². The fraction of sp³-hybridized carbons (Fsp3) is 0.389. The molecule has 0 bridgehead atoms. The van der Waals surface area contributed by atoms with Gasteiger partial charge in [-0.2, -0.15) is 0 Å². The summed E-state index contributed by atoms with van der Waals surface area (Å²) in [6, 6.07) is 20.5. The number of carbonyl (C=O) groups is 1. The van der Waals surface area contributed by atoms with Gasteiger partial charge in [-0.1, -0.05) is 35.9 Å². The van der Waals surface area contributed by atoms with Crippen LogP contribution in [0.15, 0.2) is 72.9 Å². The van der Waals surface area contributed by atoms with Crippen molar-refractivity contribution in [2.24, 2.45) is 0 Å². The minimum absolute atomic E-state index is 0.241. The van der Waals surface area contributed by atoms with E-state index in [1.54, 1.807) is 30.5 Å². The molecule has 4 aromatic rings. The molecule has 2 aliphatic heterocycles. The number of aromatic nitrogens is 1. The van der Waals surface area contributed by atoms with E-state index in [1.807, 2.05) is 36.4 Å². The lowest BCUT2D eigenvalue weighted by molar-refractivity contribution is 0.0322. The molecule has 0 unspecified atom stereocenters. The standard InChI is InChI=1S/C36H40ClN3O6/c37-31-13-12-27-24-28(40-14-3-4-15-40)26-38-35(27)34(31)36(41)46-33-11-2-1-10-32(33)45-20-6-5-19-43-29-8-7-9-30(25-29)44-23-18-39-16-21-42-22-17-39/h1-2,7-13,24-26H,3-6,14-23H2. The molecule has 0 N–H and O–H groups in total.